The van der Waals surface area contributed by atoms with E-state index in [4.69, 9.17) is 13.9 Å². The third kappa shape index (κ3) is 2.80. The standard InChI is InChI=1S/C24H22N2O5/c1-12-8-20-22(14-4-2-3-5-15(14)24(28)31-20)23(27)21(12)17-10-16(25-26-17)13-6-7-18-19(9-13)30-11-29-18/h6-9,16,25,27H,2-5,10-11H2,1H3. The van der Waals surface area contributed by atoms with Crippen molar-refractivity contribution < 1.29 is 19.0 Å². The van der Waals surface area contributed by atoms with Gasteiger partial charge in [0, 0.05) is 17.5 Å². The Hall–Kier alpha value is -3.48. The minimum absolute atomic E-state index is 0.0263. The largest absolute Gasteiger partial charge is 0.506 e. The van der Waals surface area contributed by atoms with Crippen molar-refractivity contribution in [1.82, 2.24) is 5.43 Å². The van der Waals surface area contributed by atoms with Crippen molar-refractivity contribution in [3.63, 3.8) is 0 Å². The van der Waals surface area contributed by atoms with Gasteiger partial charge in [-0.25, -0.2) is 4.79 Å². The van der Waals surface area contributed by atoms with Crippen LogP contribution in [0.25, 0.3) is 11.0 Å². The van der Waals surface area contributed by atoms with E-state index < -0.39 is 0 Å². The molecule has 2 N–H and O–H groups in total. The first kappa shape index (κ1) is 18.3. The molecule has 158 valence electrons. The fourth-order valence-electron chi connectivity index (χ4n) is 4.99. The number of hydrogen-bond acceptors (Lipinski definition) is 7. The van der Waals surface area contributed by atoms with Crippen LogP contribution < -0.4 is 20.5 Å². The molecule has 1 aromatic heterocycles. The molecule has 2 aromatic carbocycles. The summed E-state index contributed by atoms with van der Waals surface area (Å²) in [6.45, 7) is 2.15. The highest BCUT2D eigenvalue weighted by atomic mass is 16.7. The molecule has 0 fully saturated rings. The lowest BCUT2D eigenvalue weighted by Gasteiger charge is -2.19. The van der Waals surface area contributed by atoms with E-state index in [0.717, 1.165) is 53.2 Å². The molecule has 7 nitrogen and oxygen atoms in total. The SMILES string of the molecule is Cc1cc2oc(=O)c3c(c2c(O)c1C1=NNC(c2ccc4c(c2)OCO4)C1)CCCC3. The number of phenolic OH excluding ortho intramolecular Hbond substituents is 1. The van der Waals surface area contributed by atoms with Crippen LogP contribution in [0.5, 0.6) is 17.2 Å². The number of hydrazone groups is 1. The number of rotatable bonds is 2. The number of phenols is 1. The van der Waals surface area contributed by atoms with E-state index in [2.05, 4.69) is 10.5 Å². The van der Waals surface area contributed by atoms with Crippen molar-refractivity contribution >= 4 is 16.7 Å². The molecular formula is C24H22N2O5. The monoisotopic (exact) mass is 418 g/mol. The van der Waals surface area contributed by atoms with E-state index in [1.54, 1.807) is 0 Å². The second-order valence-electron chi connectivity index (χ2n) is 8.40. The summed E-state index contributed by atoms with van der Waals surface area (Å²) in [5, 5.41) is 16.5. The molecule has 1 aliphatic carbocycles. The van der Waals surface area contributed by atoms with Crippen LogP contribution in [0.4, 0.5) is 0 Å². The topological polar surface area (TPSA) is 93.3 Å². The molecule has 3 aliphatic rings. The molecule has 0 bridgehead atoms. The Morgan fingerprint density at radius 1 is 1.10 bits per heavy atom. The second kappa shape index (κ2) is 6.77. The highest BCUT2D eigenvalue weighted by Crippen LogP contribution is 2.40. The smallest absolute Gasteiger partial charge is 0.339 e. The average molecular weight is 418 g/mol. The van der Waals surface area contributed by atoms with Crippen molar-refractivity contribution in [1.29, 1.82) is 0 Å². The summed E-state index contributed by atoms with van der Waals surface area (Å²) in [7, 11) is 0. The lowest BCUT2D eigenvalue weighted by Crippen LogP contribution is -2.16. The maximum Gasteiger partial charge on any atom is 0.339 e. The molecule has 0 saturated carbocycles. The van der Waals surface area contributed by atoms with Crippen LogP contribution >= 0.6 is 0 Å². The van der Waals surface area contributed by atoms with Crippen LogP contribution in [0, 0.1) is 6.92 Å². The highest BCUT2D eigenvalue weighted by molar-refractivity contribution is 6.09. The molecule has 1 unspecified atom stereocenters. The molecule has 3 heterocycles. The van der Waals surface area contributed by atoms with Gasteiger partial charge < -0.3 is 24.4 Å². The fraction of sp³-hybridized carbons (Fsp3) is 0.333. The Morgan fingerprint density at radius 3 is 2.77 bits per heavy atom. The number of benzene rings is 2. The fourth-order valence-corrected chi connectivity index (χ4v) is 4.99. The van der Waals surface area contributed by atoms with Gasteiger partial charge in [0.2, 0.25) is 6.79 Å². The van der Waals surface area contributed by atoms with Crippen molar-refractivity contribution in [2.24, 2.45) is 5.10 Å². The summed E-state index contributed by atoms with van der Waals surface area (Å²) in [6, 6.07) is 7.70. The van der Waals surface area contributed by atoms with E-state index in [0.29, 0.717) is 34.9 Å². The highest BCUT2D eigenvalue weighted by Gasteiger charge is 2.29. The Bertz CT molecular complexity index is 1320. The third-order valence-electron chi connectivity index (χ3n) is 6.52. The molecule has 2 aliphatic heterocycles. The van der Waals surface area contributed by atoms with Crippen molar-refractivity contribution in [3.05, 3.63) is 62.5 Å². The first-order valence-electron chi connectivity index (χ1n) is 10.6. The van der Waals surface area contributed by atoms with Crippen LogP contribution in [0.15, 0.2) is 38.6 Å². The Kier molecular flexibility index (Phi) is 4.00. The van der Waals surface area contributed by atoms with Crippen LogP contribution in [0.2, 0.25) is 0 Å². The zero-order valence-corrected chi connectivity index (χ0v) is 17.2. The minimum Gasteiger partial charge on any atom is -0.506 e. The van der Waals surface area contributed by atoms with Crippen molar-refractivity contribution in [3.8, 4) is 17.2 Å². The van der Waals surface area contributed by atoms with E-state index in [-0.39, 0.29) is 24.2 Å². The number of aromatic hydroxyl groups is 1. The lowest BCUT2D eigenvalue weighted by atomic mass is 9.87. The van der Waals surface area contributed by atoms with Gasteiger partial charge in [-0.3, -0.25) is 0 Å². The minimum atomic E-state index is -0.281. The number of fused-ring (bicyclic) bond motifs is 4. The molecule has 1 atom stereocenters. The van der Waals surface area contributed by atoms with Gasteiger partial charge in [-0.15, -0.1) is 0 Å². The van der Waals surface area contributed by atoms with Crippen LogP contribution in [-0.2, 0) is 12.8 Å². The van der Waals surface area contributed by atoms with Gasteiger partial charge in [0.15, 0.2) is 11.5 Å². The van der Waals surface area contributed by atoms with Crippen LogP contribution in [0.1, 0.15) is 53.1 Å². The average Bonchev–Trinajstić information content (AvgIpc) is 3.43. The normalized spacial score (nSPS) is 19.3. The molecule has 6 rings (SSSR count). The van der Waals surface area contributed by atoms with E-state index in [1.165, 1.54) is 0 Å². The number of hydrogen-bond donors (Lipinski definition) is 2. The Morgan fingerprint density at radius 2 is 1.90 bits per heavy atom. The Balaban J connectivity index is 1.41. The summed E-state index contributed by atoms with van der Waals surface area (Å²) in [4.78, 5) is 12.4. The van der Waals surface area contributed by atoms with E-state index in [1.807, 2.05) is 31.2 Å². The second-order valence-corrected chi connectivity index (χ2v) is 8.40. The van der Waals surface area contributed by atoms with Gasteiger partial charge >= 0.3 is 5.63 Å². The molecule has 0 spiro atoms. The molecule has 0 saturated heterocycles. The molecule has 7 heteroatoms. The predicted molar refractivity (Wildman–Crippen MR) is 115 cm³/mol. The molecule has 0 amide bonds. The van der Waals surface area contributed by atoms with Gasteiger partial charge in [0.25, 0.3) is 0 Å². The zero-order chi connectivity index (χ0) is 21.1. The van der Waals surface area contributed by atoms with Gasteiger partial charge in [-0.1, -0.05) is 6.07 Å². The number of aryl methyl sites for hydroxylation is 2. The zero-order valence-electron chi connectivity index (χ0n) is 17.2. The third-order valence-corrected chi connectivity index (χ3v) is 6.52. The van der Waals surface area contributed by atoms with Gasteiger partial charge in [-0.05, 0) is 67.5 Å². The quantitative estimate of drug-likeness (QED) is 0.614. The summed E-state index contributed by atoms with van der Waals surface area (Å²) >= 11 is 0. The maximum atomic E-state index is 12.4. The maximum absolute atomic E-state index is 12.4. The summed E-state index contributed by atoms with van der Waals surface area (Å²) < 4.78 is 16.5. The van der Waals surface area contributed by atoms with Crippen LogP contribution in [0.3, 0.4) is 0 Å². The number of nitrogens with one attached hydrogen (secondary N) is 1. The summed E-state index contributed by atoms with van der Waals surface area (Å²) in [5.74, 6) is 1.64. The first-order chi connectivity index (χ1) is 15.1. The van der Waals surface area contributed by atoms with E-state index >= 15 is 0 Å². The molecule has 3 aromatic rings. The molecular weight excluding hydrogens is 396 g/mol. The lowest BCUT2D eigenvalue weighted by molar-refractivity contribution is 0.174. The van der Waals surface area contributed by atoms with Crippen LogP contribution in [-0.4, -0.2) is 17.6 Å². The van der Waals surface area contributed by atoms with Gasteiger partial charge in [0.05, 0.1) is 17.1 Å². The predicted octanol–water partition coefficient (Wildman–Crippen LogP) is 3.85. The van der Waals surface area contributed by atoms with Crippen molar-refractivity contribution in [2.75, 3.05) is 6.79 Å². The van der Waals surface area contributed by atoms with Crippen molar-refractivity contribution in [2.45, 2.75) is 45.1 Å². The molecule has 31 heavy (non-hydrogen) atoms. The number of nitrogens with zero attached hydrogens (tertiary/aromatic N) is 1. The first-order valence-corrected chi connectivity index (χ1v) is 10.6. The molecule has 0 radical (unpaired) electrons. The van der Waals surface area contributed by atoms with E-state index in [9.17, 15) is 9.90 Å². The van der Waals surface area contributed by atoms with Gasteiger partial charge in [0.1, 0.15) is 11.3 Å². The summed E-state index contributed by atoms with van der Waals surface area (Å²) in [6.07, 6.45) is 4.07. The Labute approximate surface area is 178 Å². The van der Waals surface area contributed by atoms with Gasteiger partial charge in [-0.2, -0.15) is 5.10 Å². The summed E-state index contributed by atoms with van der Waals surface area (Å²) in [5.41, 5.74) is 8.36. The number of ether oxygens (including phenoxy) is 2.